The number of rotatable bonds is 4. The first kappa shape index (κ1) is 14.2. The molecule has 21 heavy (non-hydrogen) atoms. The van der Waals surface area contributed by atoms with Crippen LogP contribution in [0.4, 0.5) is 0 Å². The second kappa shape index (κ2) is 5.95. The maximum atomic E-state index is 12.2. The molecule has 0 bridgehead atoms. The Bertz CT molecular complexity index is 651. The number of thiophene rings is 1. The van der Waals surface area contributed by atoms with Crippen LogP contribution in [0.25, 0.3) is 10.6 Å². The molecule has 2 aromatic heterocycles. The zero-order valence-corrected chi connectivity index (χ0v) is 12.8. The molecule has 1 aliphatic heterocycles. The first-order valence-electron chi connectivity index (χ1n) is 6.61. The van der Waals surface area contributed by atoms with Gasteiger partial charge in [-0.1, -0.05) is 0 Å². The van der Waals surface area contributed by atoms with Crippen molar-refractivity contribution in [3.63, 3.8) is 0 Å². The Labute approximate surface area is 129 Å². The molecule has 1 amide bonds. The summed E-state index contributed by atoms with van der Waals surface area (Å²) in [4.78, 5) is 29.2. The number of likely N-dealkylation sites (tertiary alicyclic amines) is 1. The van der Waals surface area contributed by atoms with Gasteiger partial charge in [-0.15, -0.1) is 11.3 Å². The van der Waals surface area contributed by atoms with Crippen LogP contribution in [0.2, 0.25) is 0 Å². The number of hydrogen-bond donors (Lipinski definition) is 1. The number of carboxylic acid groups (broad SMARTS) is 1. The molecule has 0 aromatic carbocycles. The highest BCUT2D eigenvalue weighted by Gasteiger charge is 2.30. The standard InChI is InChI=1S/C14H14N2O3S2/c17-12(16-3-1-9(6-16)14(18)19)5-11-8-21-13(15-11)10-2-4-20-7-10/h2,4,7-9H,1,3,5-6H2,(H,18,19). The Balaban J connectivity index is 1.62. The first-order chi connectivity index (χ1) is 10.1. The number of amides is 1. The van der Waals surface area contributed by atoms with Gasteiger partial charge in [0.15, 0.2) is 0 Å². The molecule has 110 valence electrons. The lowest BCUT2D eigenvalue weighted by Crippen LogP contribution is -2.31. The van der Waals surface area contributed by atoms with E-state index in [-0.39, 0.29) is 12.3 Å². The Morgan fingerprint density at radius 2 is 2.29 bits per heavy atom. The van der Waals surface area contributed by atoms with Gasteiger partial charge >= 0.3 is 5.97 Å². The van der Waals surface area contributed by atoms with Crippen LogP contribution in [-0.4, -0.2) is 40.0 Å². The van der Waals surface area contributed by atoms with E-state index in [1.54, 1.807) is 16.2 Å². The summed E-state index contributed by atoms with van der Waals surface area (Å²) >= 11 is 3.14. The Hall–Kier alpha value is -1.73. The van der Waals surface area contributed by atoms with Crippen LogP contribution in [0.1, 0.15) is 12.1 Å². The van der Waals surface area contributed by atoms with E-state index in [1.807, 2.05) is 22.2 Å². The summed E-state index contributed by atoms with van der Waals surface area (Å²) in [6.45, 7) is 0.840. The summed E-state index contributed by atoms with van der Waals surface area (Å²) in [7, 11) is 0. The third-order valence-corrected chi connectivity index (χ3v) is 5.17. The van der Waals surface area contributed by atoms with E-state index in [0.29, 0.717) is 19.5 Å². The second-order valence-electron chi connectivity index (χ2n) is 5.00. The van der Waals surface area contributed by atoms with Crippen molar-refractivity contribution in [1.82, 2.24) is 9.88 Å². The average Bonchev–Trinajstić information content (AvgIpc) is 3.19. The summed E-state index contributed by atoms with van der Waals surface area (Å²) in [5.41, 5.74) is 1.83. The molecule has 5 nitrogen and oxygen atoms in total. The molecule has 0 spiro atoms. The van der Waals surface area contributed by atoms with E-state index in [2.05, 4.69) is 4.98 Å². The molecule has 0 aliphatic carbocycles. The fourth-order valence-corrected chi connectivity index (χ4v) is 3.89. The molecule has 1 unspecified atom stereocenters. The van der Waals surface area contributed by atoms with Gasteiger partial charge < -0.3 is 10.0 Å². The van der Waals surface area contributed by atoms with E-state index in [4.69, 9.17) is 5.11 Å². The molecule has 1 fully saturated rings. The summed E-state index contributed by atoms with van der Waals surface area (Å²) in [6.07, 6.45) is 0.783. The minimum Gasteiger partial charge on any atom is -0.481 e. The van der Waals surface area contributed by atoms with E-state index in [9.17, 15) is 9.59 Å². The number of hydrogen-bond acceptors (Lipinski definition) is 5. The molecule has 3 heterocycles. The molecule has 1 aliphatic rings. The van der Waals surface area contributed by atoms with E-state index in [0.717, 1.165) is 16.3 Å². The fraction of sp³-hybridized carbons (Fsp3) is 0.357. The average molecular weight is 322 g/mol. The topological polar surface area (TPSA) is 70.5 Å². The zero-order chi connectivity index (χ0) is 14.8. The Morgan fingerprint density at radius 1 is 1.43 bits per heavy atom. The maximum absolute atomic E-state index is 12.2. The van der Waals surface area contributed by atoms with Crippen LogP contribution in [-0.2, 0) is 16.0 Å². The fourth-order valence-electron chi connectivity index (χ4n) is 2.36. The molecule has 3 rings (SSSR count). The van der Waals surface area contributed by atoms with Gasteiger partial charge in [0.25, 0.3) is 0 Å². The van der Waals surface area contributed by atoms with E-state index in [1.165, 1.54) is 11.3 Å². The number of carboxylic acids is 1. The minimum absolute atomic E-state index is 0.0408. The number of carbonyl (C=O) groups excluding carboxylic acids is 1. The largest absolute Gasteiger partial charge is 0.481 e. The first-order valence-corrected chi connectivity index (χ1v) is 8.43. The molecule has 1 N–H and O–H groups in total. The van der Waals surface area contributed by atoms with Crippen molar-refractivity contribution in [3.8, 4) is 10.6 Å². The highest BCUT2D eigenvalue weighted by Crippen LogP contribution is 2.26. The number of nitrogens with zero attached hydrogens (tertiary/aromatic N) is 2. The van der Waals surface area contributed by atoms with Gasteiger partial charge in [0.2, 0.25) is 5.91 Å². The van der Waals surface area contributed by atoms with Crippen LogP contribution in [0.3, 0.4) is 0 Å². The SMILES string of the molecule is O=C(O)C1CCN(C(=O)Cc2csc(-c3ccsc3)n2)C1. The van der Waals surface area contributed by atoms with Crippen LogP contribution >= 0.6 is 22.7 Å². The summed E-state index contributed by atoms with van der Waals surface area (Å²) in [6, 6.07) is 2.01. The van der Waals surface area contributed by atoms with Crippen molar-refractivity contribution >= 4 is 34.6 Å². The number of aliphatic carboxylic acids is 1. The van der Waals surface area contributed by atoms with E-state index < -0.39 is 11.9 Å². The lowest BCUT2D eigenvalue weighted by Gasteiger charge is -2.14. The van der Waals surface area contributed by atoms with Gasteiger partial charge in [-0.25, -0.2) is 4.98 Å². The summed E-state index contributed by atoms with van der Waals surface area (Å²) in [5, 5.41) is 15.8. The minimum atomic E-state index is -0.821. The zero-order valence-electron chi connectivity index (χ0n) is 11.2. The third kappa shape index (κ3) is 3.14. The van der Waals surface area contributed by atoms with Gasteiger partial charge in [0, 0.05) is 29.4 Å². The smallest absolute Gasteiger partial charge is 0.308 e. The molecule has 0 radical (unpaired) electrons. The van der Waals surface area contributed by atoms with Crippen LogP contribution < -0.4 is 0 Å². The predicted octanol–water partition coefficient (Wildman–Crippen LogP) is 2.35. The van der Waals surface area contributed by atoms with Crippen LogP contribution in [0.5, 0.6) is 0 Å². The molecule has 7 heteroatoms. The summed E-state index contributed by atoms with van der Waals surface area (Å²) in [5.74, 6) is -1.29. The molecule has 1 atom stereocenters. The number of aromatic nitrogens is 1. The lowest BCUT2D eigenvalue weighted by molar-refractivity contribution is -0.141. The van der Waals surface area contributed by atoms with Crippen LogP contribution in [0, 0.1) is 5.92 Å². The molecular formula is C14H14N2O3S2. The normalized spacial score (nSPS) is 18.1. The number of carbonyl (C=O) groups is 2. The Kier molecular flexibility index (Phi) is 4.03. The highest BCUT2D eigenvalue weighted by molar-refractivity contribution is 7.14. The second-order valence-corrected chi connectivity index (χ2v) is 6.63. The number of thiazole rings is 1. The van der Waals surface area contributed by atoms with Crippen molar-refractivity contribution in [3.05, 3.63) is 27.9 Å². The van der Waals surface area contributed by atoms with Crippen molar-refractivity contribution < 1.29 is 14.7 Å². The summed E-state index contributed by atoms with van der Waals surface area (Å²) < 4.78 is 0. The molecule has 1 saturated heterocycles. The van der Waals surface area contributed by atoms with Crippen molar-refractivity contribution in [1.29, 1.82) is 0 Å². The van der Waals surface area contributed by atoms with Gasteiger partial charge in [0.1, 0.15) is 5.01 Å². The van der Waals surface area contributed by atoms with Crippen molar-refractivity contribution in [2.75, 3.05) is 13.1 Å². The van der Waals surface area contributed by atoms with Gasteiger partial charge in [-0.2, -0.15) is 11.3 Å². The van der Waals surface area contributed by atoms with Gasteiger partial charge in [0.05, 0.1) is 18.0 Å². The molecule has 2 aromatic rings. The maximum Gasteiger partial charge on any atom is 0.308 e. The Morgan fingerprint density at radius 3 is 2.95 bits per heavy atom. The monoisotopic (exact) mass is 322 g/mol. The van der Waals surface area contributed by atoms with Gasteiger partial charge in [-0.3, -0.25) is 9.59 Å². The molecular weight excluding hydrogens is 308 g/mol. The lowest BCUT2D eigenvalue weighted by atomic mass is 10.1. The van der Waals surface area contributed by atoms with Crippen molar-refractivity contribution in [2.24, 2.45) is 5.92 Å². The van der Waals surface area contributed by atoms with Gasteiger partial charge in [-0.05, 0) is 17.9 Å². The third-order valence-electron chi connectivity index (χ3n) is 3.54. The quantitative estimate of drug-likeness (QED) is 0.938. The van der Waals surface area contributed by atoms with Crippen LogP contribution in [0.15, 0.2) is 22.2 Å². The van der Waals surface area contributed by atoms with Crippen molar-refractivity contribution in [2.45, 2.75) is 12.8 Å². The predicted molar refractivity (Wildman–Crippen MR) is 81.5 cm³/mol. The highest BCUT2D eigenvalue weighted by atomic mass is 32.1. The van der Waals surface area contributed by atoms with E-state index >= 15 is 0 Å². The molecule has 0 saturated carbocycles.